The Morgan fingerprint density at radius 2 is 2.05 bits per heavy atom. The van der Waals surface area contributed by atoms with Crippen molar-refractivity contribution >= 4 is 39.5 Å². The highest BCUT2D eigenvalue weighted by Gasteiger charge is 2.13. The van der Waals surface area contributed by atoms with Crippen LogP contribution in [0.25, 0.3) is 22.1 Å². The number of hydrogen-bond acceptors (Lipinski definition) is 4. The minimum absolute atomic E-state index is 0.674. The van der Waals surface area contributed by atoms with E-state index in [2.05, 4.69) is 29.1 Å². The number of anilines is 1. The van der Waals surface area contributed by atoms with Gasteiger partial charge in [-0.25, -0.2) is 9.97 Å². The Hall–Kier alpha value is -1.85. The lowest BCUT2D eigenvalue weighted by Gasteiger charge is -2.15. The van der Waals surface area contributed by atoms with Crippen molar-refractivity contribution in [1.82, 2.24) is 9.97 Å². The molecular weight excluding hydrogens is 300 g/mol. The fraction of sp³-hybridized carbons (Fsp3) is 0.375. The van der Waals surface area contributed by atoms with Crippen molar-refractivity contribution in [1.29, 1.82) is 0 Å². The van der Waals surface area contributed by atoms with E-state index in [1.165, 1.54) is 0 Å². The maximum atomic E-state index is 6.06. The van der Waals surface area contributed by atoms with Gasteiger partial charge in [-0.15, -0.1) is 0 Å². The summed E-state index contributed by atoms with van der Waals surface area (Å²) in [5.74, 6) is 0.740. The molecule has 2 heterocycles. The van der Waals surface area contributed by atoms with Crippen molar-refractivity contribution in [3.05, 3.63) is 29.5 Å². The quantitative estimate of drug-likeness (QED) is 0.732. The number of nitrogens with one attached hydrogen (secondary N) is 2. The normalized spacial score (nSPS) is 11.6. The number of aromatic nitrogens is 2. The van der Waals surface area contributed by atoms with Gasteiger partial charge in [0.2, 0.25) is 0 Å². The fourth-order valence-corrected chi connectivity index (χ4v) is 2.81. The Kier molecular flexibility index (Phi) is 4.45. The number of hydrogen-bond donors (Lipinski definition) is 2. The van der Waals surface area contributed by atoms with Crippen LogP contribution in [-0.2, 0) is 0 Å². The van der Waals surface area contributed by atoms with Crippen LogP contribution in [0.2, 0.25) is 5.02 Å². The van der Waals surface area contributed by atoms with Gasteiger partial charge in [-0.3, -0.25) is 0 Å². The minimum Gasteiger partial charge on any atom is -0.450 e. The summed E-state index contributed by atoms with van der Waals surface area (Å²) in [7, 11) is 0. The van der Waals surface area contributed by atoms with E-state index < -0.39 is 0 Å². The first-order valence-corrected chi connectivity index (χ1v) is 8.01. The van der Waals surface area contributed by atoms with Crippen LogP contribution in [0.15, 0.2) is 28.9 Å². The second kappa shape index (κ2) is 6.50. The second-order valence-corrected chi connectivity index (χ2v) is 5.71. The molecule has 0 radical (unpaired) electrons. The summed E-state index contributed by atoms with van der Waals surface area (Å²) in [6.07, 6.45) is 1.56. The standard InChI is InChI=1S/C16H19ClN4O/c1-3-21(4-2)8-7-18-16-15-14(19-10-20-16)12-9-11(17)5-6-13(12)22-15/h5-6,9-10H,3-4,7-8H2,1-2H3,(H,18,19,20)/p+1. The predicted molar refractivity (Wildman–Crippen MR) is 89.7 cm³/mol. The molecule has 0 unspecified atom stereocenters. The number of rotatable bonds is 6. The van der Waals surface area contributed by atoms with Gasteiger partial charge in [-0.2, -0.15) is 0 Å². The van der Waals surface area contributed by atoms with E-state index >= 15 is 0 Å². The first-order valence-electron chi connectivity index (χ1n) is 7.63. The predicted octanol–water partition coefficient (Wildman–Crippen LogP) is 2.37. The maximum Gasteiger partial charge on any atom is 0.196 e. The van der Waals surface area contributed by atoms with Crippen molar-refractivity contribution in [2.75, 3.05) is 31.5 Å². The van der Waals surface area contributed by atoms with Crippen LogP contribution in [0.1, 0.15) is 13.8 Å². The zero-order valence-corrected chi connectivity index (χ0v) is 13.6. The molecule has 3 aromatic rings. The topological polar surface area (TPSA) is 55.4 Å². The van der Waals surface area contributed by atoms with Crippen LogP contribution in [0.3, 0.4) is 0 Å². The Balaban J connectivity index is 1.89. The second-order valence-electron chi connectivity index (χ2n) is 5.28. The van der Waals surface area contributed by atoms with Crippen LogP contribution in [0, 0.1) is 0 Å². The van der Waals surface area contributed by atoms with Gasteiger partial charge in [0, 0.05) is 10.4 Å². The van der Waals surface area contributed by atoms with Gasteiger partial charge < -0.3 is 14.6 Å². The van der Waals surface area contributed by atoms with Crippen LogP contribution in [0.5, 0.6) is 0 Å². The van der Waals surface area contributed by atoms with Gasteiger partial charge in [0.25, 0.3) is 0 Å². The highest BCUT2D eigenvalue weighted by atomic mass is 35.5. The molecule has 0 aliphatic rings. The zero-order chi connectivity index (χ0) is 15.5. The summed E-state index contributed by atoms with van der Waals surface area (Å²) >= 11 is 6.06. The molecule has 0 aliphatic carbocycles. The summed E-state index contributed by atoms with van der Waals surface area (Å²) in [5.41, 5.74) is 2.26. The third kappa shape index (κ3) is 2.87. The Labute approximate surface area is 134 Å². The van der Waals surface area contributed by atoms with Crippen LogP contribution in [-0.4, -0.2) is 36.1 Å². The fourth-order valence-electron chi connectivity index (χ4n) is 2.64. The van der Waals surface area contributed by atoms with Crippen molar-refractivity contribution in [3.8, 4) is 0 Å². The molecule has 6 heteroatoms. The molecule has 2 N–H and O–H groups in total. The van der Waals surface area contributed by atoms with Crippen molar-refractivity contribution in [2.24, 2.45) is 0 Å². The lowest BCUT2D eigenvalue weighted by molar-refractivity contribution is -0.894. The van der Waals surface area contributed by atoms with E-state index in [1.54, 1.807) is 11.2 Å². The molecule has 1 aromatic carbocycles. The SMILES string of the molecule is CC[NH+](CC)CCNc1ncnc2c1oc1ccc(Cl)cc12. The van der Waals surface area contributed by atoms with E-state index in [9.17, 15) is 0 Å². The number of benzene rings is 1. The summed E-state index contributed by atoms with van der Waals surface area (Å²) in [6.45, 7) is 8.54. The minimum atomic E-state index is 0.674. The van der Waals surface area contributed by atoms with Gasteiger partial charge in [-0.05, 0) is 32.0 Å². The number of furan rings is 1. The number of quaternary nitrogens is 1. The zero-order valence-electron chi connectivity index (χ0n) is 12.8. The van der Waals surface area contributed by atoms with Gasteiger partial charge >= 0.3 is 0 Å². The molecule has 3 rings (SSSR count). The third-order valence-corrected chi connectivity index (χ3v) is 4.22. The number of fused-ring (bicyclic) bond motifs is 3. The Morgan fingerprint density at radius 1 is 1.23 bits per heavy atom. The Morgan fingerprint density at radius 3 is 2.82 bits per heavy atom. The first-order chi connectivity index (χ1) is 10.7. The number of nitrogens with zero attached hydrogens (tertiary/aromatic N) is 2. The highest BCUT2D eigenvalue weighted by Crippen LogP contribution is 2.31. The van der Waals surface area contributed by atoms with Crippen molar-refractivity contribution in [2.45, 2.75) is 13.8 Å². The summed E-state index contributed by atoms with van der Waals surface area (Å²) in [4.78, 5) is 10.2. The van der Waals surface area contributed by atoms with Gasteiger partial charge in [0.05, 0.1) is 26.2 Å². The molecule has 22 heavy (non-hydrogen) atoms. The third-order valence-electron chi connectivity index (χ3n) is 3.98. The van der Waals surface area contributed by atoms with Gasteiger partial charge in [-0.1, -0.05) is 11.6 Å². The lowest BCUT2D eigenvalue weighted by Crippen LogP contribution is -3.12. The van der Waals surface area contributed by atoms with E-state index in [-0.39, 0.29) is 0 Å². The molecule has 0 aliphatic heterocycles. The molecule has 0 saturated heterocycles. The van der Waals surface area contributed by atoms with Crippen molar-refractivity contribution < 1.29 is 9.32 Å². The average molecular weight is 320 g/mol. The monoisotopic (exact) mass is 319 g/mol. The number of halogens is 1. The van der Waals surface area contributed by atoms with Gasteiger partial charge in [0.15, 0.2) is 11.4 Å². The molecule has 0 atom stereocenters. The lowest BCUT2D eigenvalue weighted by atomic mass is 10.2. The van der Waals surface area contributed by atoms with E-state index in [4.69, 9.17) is 16.0 Å². The van der Waals surface area contributed by atoms with E-state index in [0.29, 0.717) is 10.6 Å². The molecule has 116 valence electrons. The summed E-state index contributed by atoms with van der Waals surface area (Å²) in [6, 6.07) is 5.55. The van der Waals surface area contributed by atoms with Crippen LogP contribution < -0.4 is 10.2 Å². The molecule has 0 fully saturated rings. The molecule has 0 spiro atoms. The Bertz CT molecular complexity index is 782. The van der Waals surface area contributed by atoms with Crippen LogP contribution >= 0.6 is 11.6 Å². The average Bonchev–Trinajstić information content (AvgIpc) is 2.90. The molecule has 0 saturated carbocycles. The largest absolute Gasteiger partial charge is 0.450 e. The molecule has 0 bridgehead atoms. The van der Waals surface area contributed by atoms with E-state index in [0.717, 1.165) is 48.5 Å². The molecular formula is C16H20ClN4O+. The summed E-state index contributed by atoms with van der Waals surface area (Å²) < 4.78 is 5.90. The molecule has 5 nitrogen and oxygen atoms in total. The maximum absolute atomic E-state index is 6.06. The smallest absolute Gasteiger partial charge is 0.196 e. The van der Waals surface area contributed by atoms with Gasteiger partial charge in [0.1, 0.15) is 17.4 Å². The first kappa shape index (κ1) is 15.1. The van der Waals surface area contributed by atoms with Crippen molar-refractivity contribution in [3.63, 3.8) is 0 Å². The number of likely N-dealkylation sites (N-methyl/N-ethyl adjacent to an activating group) is 1. The van der Waals surface area contributed by atoms with Crippen LogP contribution in [0.4, 0.5) is 5.82 Å². The highest BCUT2D eigenvalue weighted by molar-refractivity contribution is 6.31. The molecule has 0 amide bonds. The summed E-state index contributed by atoms with van der Waals surface area (Å²) in [5, 5.41) is 4.96. The molecule has 2 aromatic heterocycles. The van der Waals surface area contributed by atoms with E-state index in [1.807, 2.05) is 18.2 Å².